The monoisotopic (exact) mass is 410 g/mol. The van der Waals surface area contributed by atoms with Crippen molar-refractivity contribution in [2.75, 3.05) is 27.2 Å². The zero-order chi connectivity index (χ0) is 21.8. The first-order valence-corrected chi connectivity index (χ1v) is 9.41. The molecule has 0 spiro atoms. The van der Waals surface area contributed by atoms with Gasteiger partial charge in [-0.3, -0.25) is 14.8 Å². The third-order valence-electron chi connectivity index (χ3n) is 3.96. The van der Waals surface area contributed by atoms with Crippen molar-refractivity contribution in [1.82, 2.24) is 15.8 Å². The third kappa shape index (κ3) is 8.26. The molecule has 0 saturated carbocycles. The maximum atomic E-state index is 12.2. The Bertz CT molecular complexity index is 892. The zero-order valence-electron chi connectivity index (χ0n) is 17.0. The van der Waals surface area contributed by atoms with Crippen molar-refractivity contribution in [1.29, 1.82) is 0 Å². The van der Waals surface area contributed by atoms with E-state index in [-0.39, 0.29) is 5.91 Å². The molecule has 0 heterocycles. The van der Waals surface area contributed by atoms with Crippen LogP contribution in [0, 0.1) is 0 Å². The molecule has 2 aromatic rings. The van der Waals surface area contributed by atoms with Crippen molar-refractivity contribution >= 4 is 24.1 Å². The Kier molecular flexibility index (Phi) is 9.23. The van der Waals surface area contributed by atoms with Crippen LogP contribution in [0.2, 0.25) is 0 Å². The molecule has 30 heavy (non-hydrogen) atoms. The highest BCUT2D eigenvalue weighted by molar-refractivity contribution is 5.96. The van der Waals surface area contributed by atoms with Crippen molar-refractivity contribution in [3.63, 3.8) is 0 Å². The molecule has 0 aliphatic carbocycles. The Balaban J connectivity index is 1.85. The first-order valence-electron chi connectivity index (χ1n) is 9.41. The van der Waals surface area contributed by atoms with Gasteiger partial charge in [0.05, 0.1) is 12.8 Å². The van der Waals surface area contributed by atoms with Gasteiger partial charge in [0, 0.05) is 18.2 Å². The van der Waals surface area contributed by atoms with Crippen LogP contribution in [0.25, 0.3) is 6.08 Å². The van der Waals surface area contributed by atoms with Crippen molar-refractivity contribution in [3.05, 3.63) is 71.3 Å². The van der Waals surface area contributed by atoms with Gasteiger partial charge in [0.2, 0.25) is 0 Å². The molecule has 2 amide bonds. The minimum atomic E-state index is -0.653. The number of nitrogens with zero attached hydrogens (tertiary/aromatic N) is 2. The fourth-order valence-electron chi connectivity index (χ4n) is 2.44. The molecule has 2 aromatic carbocycles. The summed E-state index contributed by atoms with van der Waals surface area (Å²) in [6.45, 7) is 1.63. The summed E-state index contributed by atoms with van der Waals surface area (Å²) in [5.74, 6) is -0.247. The van der Waals surface area contributed by atoms with Gasteiger partial charge >= 0.3 is 0 Å². The minimum absolute atomic E-state index is 0.381. The Hall–Kier alpha value is -3.49. The fourth-order valence-corrected chi connectivity index (χ4v) is 2.44. The summed E-state index contributed by atoms with van der Waals surface area (Å²) in [5, 5.41) is 12.5. The van der Waals surface area contributed by atoms with Gasteiger partial charge in [-0.1, -0.05) is 12.1 Å². The Morgan fingerprint density at radius 2 is 1.90 bits per heavy atom. The first-order chi connectivity index (χ1) is 14.5. The standard InChI is InChI=1S/C22H26N4O4/c1-26(2)13-4-14-30-20-10-7-18(8-11-20)16-23-24-22(28)19-6-3-5-17(15-19)9-12-21(27)25-29/h3,5-12,15-16,29H,4,13-14H2,1-2H3,(H,24,28)(H,25,27). The second-order valence-corrected chi connectivity index (χ2v) is 6.71. The lowest BCUT2D eigenvalue weighted by Gasteiger charge is -2.10. The van der Waals surface area contributed by atoms with Crippen LogP contribution in [-0.4, -0.2) is 55.4 Å². The minimum Gasteiger partial charge on any atom is -0.494 e. The quantitative estimate of drug-likeness (QED) is 0.183. The molecule has 0 fully saturated rings. The number of benzene rings is 2. The Morgan fingerprint density at radius 1 is 1.13 bits per heavy atom. The summed E-state index contributed by atoms with van der Waals surface area (Å²) in [6.07, 6.45) is 5.14. The number of hydrogen-bond acceptors (Lipinski definition) is 6. The molecule has 0 atom stereocenters. The molecule has 8 heteroatoms. The zero-order valence-corrected chi connectivity index (χ0v) is 17.0. The van der Waals surface area contributed by atoms with E-state index in [0.29, 0.717) is 17.7 Å². The summed E-state index contributed by atoms with van der Waals surface area (Å²) in [6, 6.07) is 14.1. The van der Waals surface area contributed by atoms with E-state index < -0.39 is 5.91 Å². The molecule has 0 radical (unpaired) electrons. The molecule has 0 aromatic heterocycles. The number of rotatable bonds is 10. The number of nitrogens with one attached hydrogen (secondary N) is 2. The molecule has 158 valence electrons. The summed E-state index contributed by atoms with van der Waals surface area (Å²) < 4.78 is 5.68. The van der Waals surface area contributed by atoms with Crippen LogP contribution in [0.1, 0.15) is 27.9 Å². The van der Waals surface area contributed by atoms with Gasteiger partial charge in [-0.15, -0.1) is 0 Å². The van der Waals surface area contributed by atoms with E-state index in [2.05, 4.69) is 15.4 Å². The fraction of sp³-hybridized carbons (Fsp3) is 0.227. The van der Waals surface area contributed by atoms with E-state index in [1.54, 1.807) is 30.5 Å². The van der Waals surface area contributed by atoms with Gasteiger partial charge in [-0.2, -0.15) is 5.10 Å². The van der Waals surface area contributed by atoms with Crippen molar-refractivity contribution in [3.8, 4) is 5.75 Å². The van der Waals surface area contributed by atoms with E-state index in [0.717, 1.165) is 30.4 Å². The highest BCUT2D eigenvalue weighted by atomic mass is 16.5. The van der Waals surface area contributed by atoms with Crippen LogP contribution < -0.4 is 15.6 Å². The van der Waals surface area contributed by atoms with E-state index in [1.807, 2.05) is 38.4 Å². The van der Waals surface area contributed by atoms with E-state index in [4.69, 9.17) is 9.94 Å². The maximum Gasteiger partial charge on any atom is 0.271 e. The van der Waals surface area contributed by atoms with Crippen LogP contribution in [0.5, 0.6) is 5.75 Å². The largest absolute Gasteiger partial charge is 0.494 e. The van der Waals surface area contributed by atoms with Gasteiger partial charge in [0.1, 0.15) is 5.75 Å². The maximum absolute atomic E-state index is 12.2. The molecule has 0 aliphatic heterocycles. The summed E-state index contributed by atoms with van der Waals surface area (Å²) in [7, 11) is 4.06. The number of hydrogen-bond donors (Lipinski definition) is 3. The average Bonchev–Trinajstić information content (AvgIpc) is 2.76. The number of ether oxygens (including phenoxy) is 1. The molecule has 0 bridgehead atoms. The van der Waals surface area contributed by atoms with Gasteiger partial charge in [-0.05, 0) is 74.1 Å². The second kappa shape index (κ2) is 12.2. The highest BCUT2D eigenvalue weighted by Crippen LogP contribution is 2.11. The first kappa shape index (κ1) is 22.8. The van der Waals surface area contributed by atoms with Crippen LogP contribution in [0.4, 0.5) is 0 Å². The topological polar surface area (TPSA) is 103 Å². The van der Waals surface area contributed by atoms with Gasteiger partial charge < -0.3 is 9.64 Å². The predicted molar refractivity (Wildman–Crippen MR) is 116 cm³/mol. The molecular weight excluding hydrogens is 384 g/mol. The van der Waals surface area contributed by atoms with Gasteiger partial charge in [0.25, 0.3) is 11.8 Å². The molecule has 8 nitrogen and oxygen atoms in total. The normalized spacial score (nSPS) is 11.2. The number of hydrazone groups is 1. The number of hydroxylamine groups is 1. The van der Waals surface area contributed by atoms with Crippen LogP contribution >= 0.6 is 0 Å². The lowest BCUT2D eigenvalue weighted by molar-refractivity contribution is -0.124. The van der Waals surface area contributed by atoms with E-state index in [9.17, 15) is 9.59 Å². The van der Waals surface area contributed by atoms with Crippen molar-refractivity contribution in [2.45, 2.75) is 6.42 Å². The molecule has 3 N–H and O–H groups in total. The van der Waals surface area contributed by atoms with E-state index in [1.165, 1.54) is 11.6 Å². The van der Waals surface area contributed by atoms with Crippen molar-refractivity contribution in [2.24, 2.45) is 5.10 Å². The molecule has 0 unspecified atom stereocenters. The Labute approximate surface area is 175 Å². The van der Waals surface area contributed by atoms with Gasteiger partial charge in [0.15, 0.2) is 0 Å². The van der Waals surface area contributed by atoms with Gasteiger partial charge in [-0.25, -0.2) is 10.9 Å². The molecular formula is C22H26N4O4. The number of amides is 2. The van der Waals surface area contributed by atoms with Crippen LogP contribution in [0.15, 0.2) is 59.7 Å². The summed E-state index contributed by atoms with van der Waals surface area (Å²) in [4.78, 5) is 25.4. The SMILES string of the molecule is CN(C)CCCOc1ccc(C=NNC(=O)c2cccc(C=CC(=O)NO)c2)cc1. The summed E-state index contributed by atoms with van der Waals surface area (Å²) >= 11 is 0. The predicted octanol–water partition coefficient (Wildman–Crippen LogP) is 2.30. The third-order valence-corrected chi connectivity index (χ3v) is 3.96. The lowest BCUT2D eigenvalue weighted by Crippen LogP contribution is -2.17. The van der Waals surface area contributed by atoms with Crippen LogP contribution in [-0.2, 0) is 4.79 Å². The molecule has 0 aliphatic rings. The lowest BCUT2D eigenvalue weighted by atomic mass is 10.1. The smallest absolute Gasteiger partial charge is 0.271 e. The van der Waals surface area contributed by atoms with Crippen molar-refractivity contribution < 1.29 is 19.5 Å². The summed E-state index contributed by atoms with van der Waals surface area (Å²) in [5.41, 5.74) is 5.82. The molecule has 0 saturated heterocycles. The highest BCUT2D eigenvalue weighted by Gasteiger charge is 2.04. The Morgan fingerprint density at radius 3 is 2.60 bits per heavy atom. The second-order valence-electron chi connectivity index (χ2n) is 6.71. The molecule has 2 rings (SSSR count). The number of carbonyl (C=O) groups excluding carboxylic acids is 2. The van der Waals surface area contributed by atoms with E-state index >= 15 is 0 Å². The van der Waals surface area contributed by atoms with Crippen LogP contribution in [0.3, 0.4) is 0 Å². The number of carbonyl (C=O) groups is 2. The average molecular weight is 410 g/mol.